The van der Waals surface area contributed by atoms with Crippen LogP contribution in [0, 0.1) is 13.8 Å². The third-order valence-electron chi connectivity index (χ3n) is 6.63. The minimum Gasteiger partial charge on any atom is -0.497 e. The summed E-state index contributed by atoms with van der Waals surface area (Å²) < 4.78 is 31.8. The summed E-state index contributed by atoms with van der Waals surface area (Å²) in [6.45, 7) is 8.84. The summed E-state index contributed by atoms with van der Waals surface area (Å²) in [5, 5.41) is 2.96. The molecule has 9 heteroatoms. The van der Waals surface area contributed by atoms with E-state index in [1.54, 1.807) is 18.1 Å². The fourth-order valence-corrected chi connectivity index (χ4v) is 5.24. The van der Waals surface area contributed by atoms with Gasteiger partial charge >= 0.3 is 0 Å². The number of methoxy groups -OCH3 is 1. The van der Waals surface area contributed by atoms with Crippen molar-refractivity contribution in [2.24, 2.45) is 0 Å². The molecule has 2 rings (SSSR count). The minimum absolute atomic E-state index is 0.111. The first-order chi connectivity index (χ1) is 18.0. The number of benzene rings is 2. The van der Waals surface area contributed by atoms with Crippen molar-refractivity contribution in [3.05, 3.63) is 59.2 Å². The van der Waals surface area contributed by atoms with Crippen LogP contribution in [0.5, 0.6) is 5.75 Å². The highest BCUT2D eigenvalue weighted by atomic mass is 32.2. The smallest absolute Gasteiger partial charge is 0.242 e. The number of rotatable bonds is 15. The molecule has 0 saturated carbocycles. The molecule has 38 heavy (non-hydrogen) atoms. The Kier molecular flexibility index (Phi) is 12.1. The maximum atomic E-state index is 13.5. The number of aryl methyl sites for hydroxylation is 2. The number of nitrogens with one attached hydrogen (secondary N) is 1. The van der Waals surface area contributed by atoms with Crippen LogP contribution in [0.3, 0.4) is 0 Å². The molecule has 1 atom stereocenters. The maximum Gasteiger partial charge on any atom is 0.242 e. The lowest BCUT2D eigenvalue weighted by Crippen LogP contribution is -2.49. The van der Waals surface area contributed by atoms with Crippen LogP contribution >= 0.6 is 0 Å². The number of anilines is 1. The summed E-state index contributed by atoms with van der Waals surface area (Å²) in [6, 6.07) is 12.3. The van der Waals surface area contributed by atoms with Crippen LogP contribution in [0.2, 0.25) is 0 Å². The number of unbranched alkanes of at least 4 members (excludes halogenated alkanes) is 1. The molecule has 2 amide bonds. The quantitative estimate of drug-likeness (QED) is 0.331. The number of ether oxygens (including phenoxy) is 1. The second kappa shape index (κ2) is 14.8. The van der Waals surface area contributed by atoms with E-state index >= 15 is 0 Å². The largest absolute Gasteiger partial charge is 0.497 e. The van der Waals surface area contributed by atoms with Gasteiger partial charge in [0.1, 0.15) is 11.8 Å². The number of hydrogen-bond donors (Lipinski definition) is 1. The molecule has 2 aromatic rings. The normalized spacial score (nSPS) is 12.1. The average Bonchev–Trinajstić information content (AvgIpc) is 2.87. The highest BCUT2D eigenvalue weighted by molar-refractivity contribution is 7.92. The molecule has 0 heterocycles. The number of amides is 2. The Labute approximate surface area is 228 Å². The average molecular weight is 546 g/mol. The van der Waals surface area contributed by atoms with Crippen molar-refractivity contribution in [3.63, 3.8) is 0 Å². The second-order valence-corrected chi connectivity index (χ2v) is 11.6. The molecule has 0 bridgehead atoms. The third-order valence-corrected chi connectivity index (χ3v) is 7.83. The van der Waals surface area contributed by atoms with E-state index in [0.717, 1.165) is 29.5 Å². The van der Waals surface area contributed by atoms with Gasteiger partial charge in [-0.15, -0.1) is 0 Å². The van der Waals surface area contributed by atoms with Crippen LogP contribution in [-0.2, 0) is 26.2 Å². The zero-order chi connectivity index (χ0) is 28.3. The van der Waals surface area contributed by atoms with Crippen LogP contribution in [0.1, 0.15) is 62.6 Å². The molecule has 0 aliphatic carbocycles. The molecule has 0 unspecified atom stereocenters. The SMILES string of the molecule is CCCCNC(=O)[C@@H](CC)N(Cc1cccc(OC)c1)C(=O)CCCN(c1ccc(C)c(C)c1)S(C)(=O)=O. The van der Waals surface area contributed by atoms with E-state index in [0.29, 0.717) is 30.8 Å². The van der Waals surface area contributed by atoms with Gasteiger partial charge in [0.25, 0.3) is 0 Å². The van der Waals surface area contributed by atoms with Crippen molar-refractivity contribution in [2.75, 3.05) is 30.8 Å². The number of nitrogens with zero attached hydrogens (tertiary/aromatic N) is 2. The van der Waals surface area contributed by atoms with Crippen LogP contribution in [-0.4, -0.2) is 57.6 Å². The maximum absolute atomic E-state index is 13.5. The van der Waals surface area contributed by atoms with Gasteiger partial charge in [-0.2, -0.15) is 0 Å². The van der Waals surface area contributed by atoms with E-state index in [9.17, 15) is 18.0 Å². The molecule has 0 fully saturated rings. The molecule has 1 N–H and O–H groups in total. The first kappa shape index (κ1) is 31.1. The van der Waals surface area contributed by atoms with Gasteiger partial charge in [-0.3, -0.25) is 13.9 Å². The second-order valence-electron chi connectivity index (χ2n) is 9.65. The van der Waals surface area contributed by atoms with Crippen LogP contribution in [0.15, 0.2) is 42.5 Å². The predicted molar refractivity (Wildman–Crippen MR) is 153 cm³/mol. The summed E-state index contributed by atoms with van der Waals surface area (Å²) in [7, 11) is -1.95. The van der Waals surface area contributed by atoms with Crippen LogP contribution in [0.4, 0.5) is 5.69 Å². The molecule has 0 saturated heterocycles. The Morgan fingerprint density at radius 1 is 1.03 bits per heavy atom. The molecular formula is C29H43N3O5S. The van der Waals surface area contributed by atoms with E-state index in [1.165, 1.54) is 10.6 Å². The van der Waals surface area contributed by atoms with Crippen molar-refractivity contribution < 1.29 is 22.7 Å². The first-order valence-corrected chi connectivity index (χ1v) is 15.1. The lowest BCUT2D eigenvalue weighted by molar-refractivity contribution is -0.141. The third kappa shape index (κ3) is 9.04. The first-order valence-electron chi connectivity index (χ1n) is 13.3. The van der Waals surface area contributed by atoms with Gasteiger partial charge in [0.05, 0.1) is 19.1 Å². The fraction of sp³-hybridized carbons (Fsp3) is 0.517. The van der Waals surface area contributed by atoms with Gasteiger partial charge in [0, 0.05) is 26.1 Å². The predicted octanol–water partition coefficient (Wildman–Crippen LogP) is 4.58. The molecule has 0 aromatic heterocycles. The van der Waals surface area contributed by atoms with E-state index < -0.39 is 16.1 Å². The highest BCUT2D eigenvalue weighted by Crippen LogP contribution is 2.23. The fourth-order valence-electron chi connectivity index (χ4n) is 4.28. The van der Waals surface area contributed by atoms with Gasteiger partial charge < -0.3 is 15.0 Å². The van der Waals surface area contributed by atoms with Crippen molar-refractivity contribution in [2.45, 2.75) is 72.4 Å². The number of carbonyl (C=O) groups is 2. The molecule has 0 spiro atoms. The van der Waals surface area contributed by atoms with Crippen LogP contribution in [0.25, 0.3) is 0 Å². The number of carbonyl (C=O) groups excluding carboxylic acids is 2. The Bertz CT molecular complexity index is 1180. The summed E-state index contributed by atoms with van der Waals surface area (Å²) >= 11 is 0. The topological polar surface area (TPSA) is 96.0 Å². The Balaban J connectivity index is 2.23. The van der Waals surface area contributed by atoms with Gasteiger partial charge in [-0.1, -0.05) is 38.5 Å². The Hall–Kier alpha value is -3.07. The molecule has 0 radical (unpaired) electrons. The van der Waals surface area contributed by atoms with Gasteiger partial charge in [0.2, 0.25) is 21.8 Å². The summed E-state index contributed by atoms with van der Waals surface area (Å²) in [6.07, 6.45) is 3.90. The summed E-state index contributed by atoms with van der Waals surface area (Å²) in [4.78, 5) is 28.2. The zero-order valence-corrected chi connectivity index (χ0v) is 24.4. The molecule has 2 aromatic carbocycles. The Morgan fingerprint density at radius 2 is 1.76 bits per heavy atom. The van der Waals surface area contributed by atoms with Gasteiger partial charge in [-0.25, -0.2) is 8.42 Å². The molecular weight excluding hydrogens is 502 g/mol. The lowest BCUT2D eigenvalue weighted by Gasteiger charge is -2.31. The molecule has 210 valence electrons. The van der Waals surface area contributed by atoms with Crippen LogP contribution < -0.4 is 14.4 Å². The number of hydrogen-bond acceptors (Lipinski definition) is 5. The van der Waals surface area contributed by atoms with E-state index in [2.05, 4.69) is 12.2 Å². The standard InChI is InChI=1S/C29H43N3O5S/c1-7-9-17-30-29(34)27(8-2)31(21-24-12-10-13-26(20-24)37-5)28(33)14-11-18-32(38(6,35)36)25-16-15-22(3)23(4)19-25/h10,12-13,15-16,19-20,27H,7-9,11,14,17-18,21H2,1-6H3,(H,30,34)/t27-/m1/s1. The number of sulfonamides is 1. The summed E-state index contributed by atoms with van der Waals surface area (Å²) in [5.41, 5.74) is 3.51. The van der Waals surface area contributed by atoms with E-state index in [1.807, 2.05) is 57.2 Å². The van der Waals surface area contributed by atoms with Crippen molar-refractivity contribution in [3.8, 4) is 5.75 Å². The monoisotopic (exact) mass is 545 g/mol. The van der Waals surface area contributed by atoms with Crippen molar-refractivity contribution in [1.82, 2.24) is 10.2 Å². The zero-order valence-electron chi connectivity index (χ0n) is 23.6. The molecule has 8 nitrogen and oxygen atoms in total. The minimum atomic E-state index is -3.54. The van der Waals surface area contributed by atoms with E-state index in [4.69, 9.17) is 4.74 Å². The van der Waals surface area contributed by atoms with Gasteiger partial charge in [0.15, 0.2) is 0 Å². The van der Waals surface area contributed by atoms with Crippen molar-refractivity contribution in [1.29, 1.82) is 0 Å². The molecule has 0 aliphatic heterocycles. The van der Waals surface area contributed by atoms with Crippen molar-refractivity contribution >= 4 is 27.5 Å². The molecule has 0 aliphatic rings. The lowest BCUT2D eigenvalue weighted by atomic mass is 10.1. The van der Waals surface area contributed by atoms with Gasteiger partial charge in [-0.05, 0) is 74.1 Å². The summed E-state index contributed by atoms with van der Waals surface area (Å²) in [5.74, 6) is 0.302. The Morgan fingerprint density at radius 3 is 2.37 bits per heavy atom. The highest BCUT2D eigenvalue weighted by Gasteiger charge is 2.29. The van der Waals surface area contributed by atoms with E-state index in [-0.39, 0.29) is 31.3 Å².